The lowest BCUT2D eigenvalue weighted by atomic mass is 9.84. The number of carbonyl (C=O) groups is 1. The molecule has 2 fully saturated rings. The summed E-state index contributed by atoms with van der Waals surface area (Å²) < 4.78 is 43.4. The fraction of sp³-hybridized carbons (Fsp3) is 0.524. The van der Waals surface area contributed by atoms with Crippen molar-refractivity contribution in [1.82, 2.24) is 19.6 Å². The zero-order valence-electron chi connectivity index (χ0n) is 17.7. The van der Waals surface area contributed by atoms with Gasteiger partial charge >= 0.3 is 12.2 Å². The first-order chi connectivity index (χ1) is 15.2. The molecule has 1 aromatic carbocycles. The van der Waals surface area contributed by atoms with Crippen LogP contribution in [0.2, 0.25) is 5.02 Å². The van der Waals surface area contributed by atoms with Gasteiger partial charge in [-0.3, -0.25) is 4.90 Å². The summed E-state index contributed by atoms with van der Waals surface area (Å²) >= 11 is 7.33. The molecule has 174 valence electrons. The standard InChI is InChI=1S/C21H25ClF3N5OS/c1-32-27-18-5-10-30(26-18)19(31)28-11-7-20(8-12-28)6-2-9-29(20)14-15-3-4-16(17(22)13-15)21(23,24)25/h3-5,10,13H,2,6-9,11-12,14H2,1H3,(H,26,27). The number of rotatable bonds is 4. The molecule has 6 nitrogen and oxygen atoms in total. The molecule has 0 bridgehead atoms. The van der Waals surface area contributed by atoms with E-state index in [1.165, 1.54) is 28.8 Å². The van der Waals surface area contributed by atoms with Crippen molar-refractivity contribution in [3.05, 3.63) is 46.6 Å². The van der Waals surface area contributed by atoms with Crippen LogP contribution in [0.5, 0.6) is 0 Å². The van der Waals surface area contributed by atoms with Gasteiger partial charge in [-0.05, 0) is 49.9 Å². The number of nitrogens with one attached hydrogen (secondary N) is 1. The summed E-state index contributed by atoms with van der Waals surface area (Å²) in [6.45, 7) is 2.67. The molecule has 3 heterocycles. The number of benzene rings is 1. The second-order valence-corrected chi connectivity index (χ2v) is 9.30. The minimum atomic E-state index is -4.45. The van der Waals surface area contributed by atoms with Crippen molar-refractivity contribution in [3.63, 3.8) is 0 Å². The third kappa shape index (κ3) is 4.72. The van der Waals surface area contributed by atoms with Crippen LogP contribution in [-0.2, 0) is 12.7 Å². The van der Waals surface area contributed by atoms with Crippen LogP contribution in [0.1, 0.15) is 36.8 Å². The van der Waals surface area contributed by atoms with Crippen LogP contribution >= 0.6 is 23.5 Å². The van der Waals surface area contributed by atoms with E-state index in [9.17, 15) is 18.0 Å². The van der Waals surface area contributed by atoms with E-state index < -0.39 is 11.7 Å². The largest absolute Gasteiger partial charge is 0.417 e. The van der Waals surface area contributed by atoms with E-state index in [-0.39, 0.29) is 16.6 Å². The first-order valence-corrected chi connectivity index (χ1v) is 12.1. The lowest BCUT2D eigenvalue weighted by Gasteiger charge is -2.45. The van der Waals surface area contributed by atoms with Gasteiger partial charge < -0.3 is 9.62 Å². The minimum Gasteiger partial charge on any atom is -0.323 e. The van der Waals surface area contributed by atoms with E-state index in [0.29, 0.717) is 25.5 Å². The van der Waals surface area contributed by atoms with Crippen LogP contribution in [0.25, 0.3) is 0 Å². The first-order valence-electron chi connectivity index (χ1n) is 10.5. The third-order valence-electron chi connectivity index (χ3n) is 6.41. The predicted molar refractivity (Wildman–Crippen MR) is 120 cm³/mol. The fourth-order valence-corrected chi connectivity index (χ4v) is 5.39. The van der Waals surface area contributed by atoms with Gasteiger partial charge in [-0.25, -0.2) is 4.79 Å². The molecule has 0 radical (unpaired) electrons. The summed E-state index contributed by atoms with van der Waals surface area (Å²) in [7, 11) is 0. The molecular formula is C21H25ClF3N5OS. The van der Waals surface area contributed by atoms with E-state index in [4.69, 9.17) is 11.6 Å². The molecule has 1 aromatic heterocycles. The van der Waals surface area contributed by atoms with Gasteiger partial charge in [-0.15, -0.1) is 5.10 Å². The number of aromatic nitrogens is 2. The second kappa shape index (κ2) is 9.15. The lowest BCUT2D eigenvalue weighted by Crippen LogP contribution is -2.53. The molecule has 1 amide bonds. The van der Waals surface area contributed by atoms with Crippen molar-refractivity contribution in [2.24, 2.45) is 0 Å². The number of hydrogen-bond donors (Lipinski definition) is 1. The van der Waals surface area contributed by atoms with E-state index in [0.717, 1.165) is 43.9 Å². The Balaban J connectivity index is 1.40. The molecule has 0 unspecified atom stereocenters. The molecule has 2 aromatic rings. The summed E-state index contributed by atoms with van der Waals surface area (Å²) in [6.07, 6.45) is 2.79. The monoisotopic (exact) mass is 487 g/mol. The Bertz CT molecular complexity index is 975. The highest BCUT2D eigenvalue weighted by Gasteiger charge is 2.44. The maximum Gasteiger partial charge on any atom is 0.417 e. The van der Waals surface area contributed by atoms with Crippen molar-refractivity contribution < 1.29 is 18.0 Å². The molecule has 1 N–H and O–H groups in total. The SMILES string of the molecule is CSNc1ccn(C(=O)N2CCC3(CCCN3Cc3ccc(C(F)(F)F)c(Cl)c3)CC2)n1. The van der Waals surface area contributed by atoms with Crippen molar-refractivity contribution in [2.75, 3.05) is 30.6 Å². The zero-order valence-corrected chi connectivity index (χ0v) is 19.2. The molecule has 11 heteroatoms. The van der Waals surface area contributed by atoms with E-state index >= 15 is 0 Å². The van der Waals surface area contributed by atoms with Crippen molar-refractivity contribution in [3.8, 4) is 0 Å². The quantitative estimate of drug-likeness (QED) is 0.590. The van der Waals surface area contributed by atoms with Crippen LogP contribution in [0.4, 0.5) is 23.8 Å². The van der Waals surface area contributed by atoms with Crippen molar-refractivity contribution in [2.45, 2.75) is 43.9 Å². The highest BCUT2D eigenvalue weighted by Crippen LogP contribution is 2.40. The lowest BCUT2D eigenvalue weighted by molar-refractivity contribution is -0.137. The summed E-state index contributed by atoms with van der Waals surface area (Å²) in [5.41, 5.74) is -0.0738. The molecule has 2 saturated heterocycles. The number of carbonyl (C=O) groups excluding carboxylic acids is 1. The Morgan fingerprint density at radius 1 is 1.22 bits per heavy atom. The Morgan fingerprint density at radius 3 is 2.62 bits per heavy atom. The highest BCUT2D eigenvalue weighted by molar-refractivity contribution is 7.99. The summed E-state index contributed by atoms with van der Waals surface area (Å²) in [5, 5.41) is 3.99. The molecule has 0 aliphatic carbocycles. The Labute approximate surface area is 194 Å². The average Bonchev–Trinajstić information content (AvgIpc) is 3.35. The fourth-order valence-electron chi connectivity index (χ4n) is 4.76. The number of hydrogen-bond acceptors (Lipinski definition) is 5. The van der Waals surface area contributed by atoms with Gasteiger partial charge in [-0.2, -0.15) is 17.9 Å². The topological polar surface area (TPSA) is 53.4 Å². The van der Waals surface area contributed by atoms with Crippen LogP contribution in [0, 0.1) is 0 Å². The first kappa shape index (κ1) is 23.3. The van der Waals surface area contributed by atoms with Gasteiger partial charge in [0.1, 0.15) is 0 Å². The summed E-state index contributed by atoms with van der Waals surface area (Å²) in [6, 6.07) is 5.61. The number of halogens is 4. The van der Waals surface area contributed by atoms with Gasteiger partial charge in [0.15, 0.2) is 5.82 Å². The summed E-state index contributed by atoms with van der Waals surface area (Å²) in [4.78, 5) is 17.0. The number of anilines is 1. The number of amides is 1. The average molecular weight is 488 g/mol. The molecule has 4 rings (SSSR count). The summed E-state index contributed by atoms with van der Waals surface area (Å²) in [5.74, 6) is 0.636. The van der Waals surface area contributed by atoms with Gasteiger partial charge in [0.05, 0.1) is 10.6 Å². The Kier molecular flexibility index (Phi) is 6.65. The van der Waals surface area contributed by atoms with Gasteiger partial charge in [0, 0.05) is 43.7 Å². The van der Waals surface area contributed by atoms with E-state index in [2.05, 4.69) is 14.7 Å². The minimum absolute atomic E-state index is 0.0400. The molecule has 1 spiro atoms. The number of piperidine rings is 1. The zero-order chi connectivity index (χ0) is 22.9. The molecule has 0 saturated carbocycles. The molecular weight excluding hydrogens is 463 g/mol. The second-order valence-electron chi connectivity index (χ2n) is 8.28. The number of alkyl halides is 3. The predicted octanol–water partition coefficient (Wildman–Crippen LogP) is 5.34. The molecule has 2 aliphatic rings. The smallest absolute Gasteiger partial charge is 0.323 e. The van der Waals surface area contributed by atoms with Gasteiger partial charge in [0.2, 0.25) is 0 Å². The normalized spacial score (nSPS) is 19.0. The number of nitrogens with zero attached hydrogens (tertiary/aromatic N) is 4. The Morgan fingerprint density at radius 2 is 1.97 bits per heavy atom. The maximum absolute atomic E-state index is 13.0. The van der Waals surface area contributed by atoms with E-state index in [1.807, 2.05) is 11.2 Å². The van der Waals surface area contributed by atoms with Crippen LogP contribution in [0.15, 0.2) is 30.5 Å². The molecule has 32 heavy (non-hydrogen) atoms. The van der Waals surface area contributed by atoms with Gasteiger partial charge in [-0.1, -0.05) is 29.6 Å². The molecule has 2 aliphatic heterocycles. The third-order valence-corrected chi connectivity index (χ3v) is 7.14. The Hall–Kier alpha value is -1.91. The van der Waals surface area contributed by atoms with Crippen LogP contribution in [-0.4, -0.2) is 57.0 Å². The highest BCUT2D eigenvalue weighted by atomic mass is 35.5. The van der Waals surface area contributed by atoms with Crippen molar-refractivity contribution >= 4 is 35.4 Å². The van der Waals surface area contributed by atoms with Crippen LogP contribution in [0.3, 0.4) is 0 Å². The molecule has 0 atom stereocenters. The van der Waals surface area contributed by atoms with Crippen molar-refractivity contribution in [1.29, 1.82) is 0 Å². The number of likely N-dealkylation sites (tertiary alicyclic amines) is 2. The van der Waals surface area contributed by atoms with Gasteiger partial charge in [0.25, 0.3) is 0 Å². The van der Waals surface area contributed by atoms with Crippen LogP contribution < -0.4 is 4.72 Å². The maximum atomic E-state index is 13.0. The van der Waals surface area contributed by atoms with E-state index in [1.54, 1.807) is 12.3 Å².